The number of ketones is 1. The summed E-state index contributed by atoms with van der Waals surface area (Å²) in [6.45, 7) is 6.22. The molecule has 0 saturated heterocycles. The molecule has 0 amide bonds. The molecule has 0 atom stereocenters. The Bertz CT molecular complexity index is 192. The van der Waals surface area contributed by atoms with Crippen molar-refractivity contribution in [2.45, 2.75) is 72.1 Å². The van der Waals surface area contributed by atoms with E-state index in [1.165, 1.54) is 38.5 Å². The van der Waals surface area contributed by atoms with E-state index in [9.17, 15) is 4.79 Å². The van der Waals surface area contributed by atoms with Crippen LogP contribution in [-0.2, 0) is 4.79 Å². The molecule has 16 heavy (non-hydrogen) atoms. The van der Waals surface area contributed by atoms with E-state index < -0.39 is 0 Å². The fourth-order valence-electron chi connectivity index (χ4n) is 1.71. The van der Waals surface area contributed by atoms with Gasteiger partial charge in [-0.1, -0.05) is 58.1 Å². The van der Waals surface area contributed by atoms with Gasteiger partial charge < -0.3 is 0 Å². The van der Waals surface area contributed by atoms with E-state index in [4.69, 9.17) is 0 Å². The van der Waals surface area contributed by atoms with Crippen LogP contribution in [0.3, 0.4) is 0 Å². The van der Waals surface area contributed by atoms with Crippen molar-refractivity contribution in [3.8, 4) is 0 Å². The summed E-state index contributed by atoms with van der Waals surface area (Å²) < 4.78 is 0. The first-order valence-electron chi connectivity index (χ1n) is 6.77. The fraction of sp³-hybridized carbons (Fsp3) is 0.800. The molecule has 1 nitrogen and oxygen atoms in total. The second-order valence-corrected chi connectivity index (χ2v) is 5.12. The molecule has 0 heterocycles. The first kappa shape index (κ1) is 15.4. The smallest absolute Gasteiger partial charge is 0.133 e. The second kappa shape index (κ2) is 10.9. The Hall–Kier alpha value is -0.590. The summed E-state index contributed by atoms with van der Waals surface area (Å²) in [5.74, 6) is 1.11. The minimum atomic E-state index is 0.255. The molecule has 0 aliphatic carbocycles. The van der Waals surface area contributed by atoms with Crippen LogP contribution >= 0.6 is 0 Å². The molecule has 1 heteroatoms. The van der Waals surface area contributed by atoms with Crippen LogP contribution in [0.5, 0.6) is 0 Å². The van der Waals surface area contributed by atoms with E-state index in [2.05, 4.69) is 19.9 Å². The van der Waals surface area contributed by atoms with Gasteiger partial charge in [-0.25, -0.2) is 0 Å². The van der Waals surface area contributed by atoms with Gasteiger partial charge in [-0.05, 0) is 25.7 Å². The molecule has 0 aliphatic heterocycles. The molecule has 0 fully saturated rings. The highest BCUT2D eigenvalue weighted by atomic mass is 16.1. The Kier molecular flexibility index (Phi) is 10.5. The van der Waals surface area contributed by atoms with Crippen LogP contribution in [0.2, 0.25) is 0 Å². The van der Waals surface area contributed by atoms with Crippen LogP contribution < -0.4 is 0 Å². The average molecular weight is 224 g/mol. The predicted octanol–water partition coefficient (Wildman–Crippen LogP) is 4.91. The molecular formula is C15H28O. The molecule has 0 aromatic carbocycles. The zero-order valence-electron chi connectivity index (χ0n) is 11.3. The molecule has 94 valence electrons. The minimum Gasteiger partial charge on any atom is -0.300 e. The van der Waals surface area contributed by atoms with Gasteiger partial charge in [-0.3, -0.25) is 4.79 Å². The fourth-order valence-corrected chi connectivity index (χ4v) is 1.71. The van der Waals surface area contributed by atoms with E-state index >= 15 is 0 Å². The molecule has 0 aromatic heterocycles. The molecular weight excluding hydrogens is 196 g/mol. The number of hydrogen-bond acceptors (Lipinski definition) is 1. The third-order valence-corrected chi connectivity index (χ3v) is 2.72. The zero-order chi connectivity index (χ0) is 12.2. The minimum absolute atomic E-state index is 0.255. The lowest BCUT2D eigenvalue weighted by molar-refractivity contribution is -0.116. The summed E-state index contributed by atoms with van der Waals surface area (Å²) in [5, 5.41) is 0. The van der Waals surface area contributed by atoms with E-state index in [1.807, 2.05) is 6.08 Å². The Labute approximate surface area is 101 Å². The molecule has 0 aromatic rings. The summed E-state index contributed by atoms with van der Waals surface area (Å²) in [7, 11) is 0. The standard InChI is InChI=1S/C15H28O/c1-14(2)12-10-8-6-4-5-7-9-11-13-15(3)16/h9,11,14H,4-8,10,12-13H2,1-3H3/b11-9+. The van der Waals surface area contributed by atoms with Gasteiger partial charge in [0.15, 0.2) is 0 Å². The third-order valence-electron chi connectivity index (χ3n) is 2.72. The molecule has 0 radical (unpaired) electrons. The van der Waals surface area contributed by atoms with E-state index in [0.29, 0.717) is 6.42 Å². The van der Waals surface area contributed by atoms with Gasteiger partial charge in [-0.2, -0.15) is 0 Å². The monoisotopic (exact) mass is 224 g/mol. The number of rotatable bonds is 10. The van der Waals surface area contributed by atoms with Gasteiger partial charge in [0.25, 0.3) is 0 Å². The summed E-state index contributed by atoms with van der Waals surface area (Å²) in [5.41, 5.74) is 0. The lowest BCUT2D eigenvalue weighted by Crippen LogP contribution is -1.87. The lowest BCUT2D eigenvalue weighted by Gasteiger charge is -2.03. The van der Waals surface area contributed by atoms with Gasteiger partial charge in [0.1, 0.15) is 5.78 Å². The first-order valence-corrected chi connectivity index (χ1v) is 6.77. The highest BCUT2D eigenvalue weighted by molar-refractivity contribution is 5.76. The zero-order valence-corrected chi connectivity index (χ0v) is 11.3. The van der Waals surface area contributed by atoms with Crippen LogP contribution in [0.1, 0.15) is 72.1 Å². The van der Waals surface area contributed by atoms with Gasteiger partial charge >= 0.3 is 0 Å². The maximum atomic E-state index is 10.7. The molecule has 0 unspecified atom stereocenters. The van der Waals surface area contributed by atoms with Crippen LogP contribution in [0.25, 0.3) is 0 Å². The molecule has 0 N–H and O–H groups in total. The SMILES string of the molecule is CC(=O)C/C=C/CCCCCCCC(C)C. The van der Waals surface area contributed by atoms with E-state index in [-0.39, 0.29) is 5.78 Å². The molecule has 0 spiro atoms. The van der Waals surface area contributed by atoms with E-state index in [0.717, 1.165) is 12.3 Å². The molecule has 0 bridgehead atoms. The van der Waals surface area contributed by atoms with Crippen molar-refractivity contribution in [1.82, 2.24) is 0 Å². The number of carbonyl (C=O) groups is 1. The maximum Gasteiger partial charge on any atom is 0.133 e. The quantitative estimate of drug-likeness (QED) is 0.381. The number of unbranched alkanes of at least 4 members (excludes halogenated alkanes) is 5. The average Bonchev–Trinajstić information content (AvgIpc) is 2.20. The van der Waals surface area contributed by atoms with Crippen molar-refractivity contribution in [3.63, 3.8) is 0 Å². The number of hydrogen-bond donors (Lipinski definition) is 0. The van der Waals surface area contributed by atoms with Gasteiger partial charge in [0, 0.05) is 6.42 Å². The van der Waals surface area contributed by atoms with Crippen LogP contribution in [-0.4, -0.2) is 5.78 Å². The Balaban J connectivity index is 3.09. The normalized spacial score (nSPS) is 11.5. The van der Waals surface area contributed by atoms with Crippen LogP contribution in [0, 0.1) is 5.92 Å². The Morgan fingerprint density at radius 1 is 1.00 bits per heavy atom. The number of Topliss-reactive ketones (excluding diaryl/α,β-unsaturated/α-hetero) is 1. The van der Waals surface area contributed by atoms with Crippen molar-refractivity contribution in [2.24, 2.45) is 5.92 Å². The second-order valence-electron chi connectivity index (χ2n) is 5.12. The molecule has 0 rings (SSSR count). The van der Waals surface area contributed by atoms with Gasteiger partial charge in [-0.15, -0.1) is 0 Å². The maximum absolute atomic E-state index is 10.7. The van der Waals surface area contributed by atoms with E-state index in [1.54, 1.807) is 6.92 Å². The van der Waals surface area contributed by atoms with Crippen LogP contribution in [0.4, 0.5) is 0 Å². The Morgan fingerprint density at radius 3 is 2.25 bits per heavy atom. The molecule has 0 aliphatic rings. The number of allylic oxidation sites excluding steroid dienone is 2. The topological polar surface area (TPSA) is 17.1 Å². The van der Waals surface area contributed by atoms with Gasteiger partial charge in [0.05, 0.1) is 0 Å². The molecule has 0 saturated carbocycles. The number of carbonyl (C=O) groups excluding carboxylic acids is 1. The highest BCUT2D eigenvalue weighted by Crippen LogP contribution is 2.11. The summed E-state index contributed by atoms with van der Waals surface area (Å²) in [6.07, 6.45) is 14.0. The van der Waals surface area contributed by atoms with Gasteiger partial charge in [0.2, 0.25) is 0 Å². The van der Waals surface area contributed by atoms with Crippen molar-refractivity contribution in [1.29, 1.82) is 0 Å². The van der Waals surface area contributed by atoms with Crippen molar-refractivity contribution >= 4 is 5.78 Å². The summed E-state index contributed by atoms with van der Waals surface area (Å²) >= 11 is 0. The van der Waals surface area contributed by atoms with Crippen molar-refractivity contribution in [3.05, 3.63) is 12.2 Å². The van der Waals surface area contributed by atoms with Crippen molar-refractivity contribution < 1.29 is 4.79 Å². The summed E-state index contributed by atoms with van der Waals surface area (Å²) in [4.78, 5) is 10.7. The first-order chi connectivity index (χ1) is 7.63. The predicted molar refractivity (Wildman–Crippen MR) is 71.6 cm³/mol. The third kappa shape index (κ3) is 13.4. The highest BCUT2D eigenvalue weighted by Gasteiger charge is 1.94. The Morgan fingerprint density at radius 2 is 1.62 bits per heavy atom. The summed E-state index contributed by atoms with van der Waals surface area (Å²) in [6, 6.07) is 0. The largest absolute Gasteiger partial charge is 0.300 e. The lowest BCUT2D eigenvalue weighted by atomic mass is 10.0. The van der Waals surface area contributed by atoms with Crippen molar-refractivity contribution in [2.75, 3.05) is 0 Å². The van der Waals surface area contributed by atoms with Crippen LogP contribution in [0.15, 0.2) is 12.2 Å².